The van der Waals surface area contributed by atoms with Crippen LogP contribution in [-0.2, 0) is 10.2 Å². The van der Waals surface area contributed by atoms with Crippen LogP contribution in [0.25, 0.3) is 0 Å². The fourth-order valence-electron chi connectivity index (χ4n) is 4.01. The predicted octanol–water partition coefficient (Wildman–Crippen LogP) is 3.43. The largest absolute Gasteiger partial charge is 0.507 e. The highest BCUT2D eigenvalue weighted by Crippen LogP contribution is 2.23. The van der Waals surface area contributed by atoms with Crippen LogP contribution in [0.3, 0.4) is 0 Å². The number of piperazine rings is 1. The van der Waals surface area contributed by atoms with Gasteiger partial charge in [0.2, 0.25) is 5.91 Å². The summed E-state index contributed by atoms with van der Waals surface area (Å²) in [6.07, 6.45) is 0. The molecule has 0 aromatic heterocycles. The maximum Gasteiger partial charge on any atom is 0.257 e. The first-order valence-electron chi connectivity index (χ1n) is 11.8. The number of rotatable bonds is 5. The van der Waals surface area contributed by atoms with E-state index in [1.165, 1.54) is 6.07 Å². The lowest BCUT2D eigenvalue weighted by molar-refractivity contribution is -0.135. The number of phenols is 1. The zero-order valence-corrected chi connectivity index (χ0v) is 20.7. The van der Waals surface area contributed by atoms with E-state index < -0.39 is 6.04 Å². The molecule has 1 unspecified atom stereocenters. The molecule has 2 aromatic carbocycles. The van der Waals surface area contributed by atoms with Crippen LogP contribution in [0.2, 0.25) is 0 Å². The standard InChI is InChI=1S/C27H35N3O4/c1-18(2)23(28-24(32)19-10-12-20(13-11-19)27(3,4)5)26(34)30-16-14-29(15-17-30)25(33)21-8-6-7-9-22(21)31/h6-13,18,23,31H,14-17H2,1-5H3,(H,28,32). The molecule has 1 saturated heterocycles. The van der Waals surface area contributed by atoms with Crippen LogP contribution in [0.1, 0.15) is 60.9 Å². The number of aromatic hydroxyl groups is 1. The Labute approximate surface area is 201 Å². The van der Waals surface area contributed by atoms with Gasteiger partial charge in [0, 0.05) is 31.7 Å². The number of nitrogens with one attached hydrogen (secondary N) is 1. The highest BCUT2D eigenvalue weighted by atomic mass is 16.3. The lowest BCUT2D eigenvalue weighted by Gasteiger charge is -2.37. The summed E-state index contributed by atoms with van der Waals surface area (Å²) in [6, 6.07) is 13.3. The number of carbonyl (C=O) groups excluding carboxylic acids is 3. The number of benzene rings is 2. The van der Waals surface area contributed by atoms with Crippen LogP contribution in [0.15, 0.2) is 48.5 Å². The lowest BCUT2D eigenvalue weighted by Crippen LogP contribution is -2.57. The third-order valence-corrected chi connectivity index (χ3v) is 6.25. The second-order valence-corrected chi connectivity index (χ2v) is 10.2. The van der Waals surface area contributed by atoms with Crippen LogP contribution in [0.5, 0.6) is 5.75 Å². The van der Waals surface area contributed by atoms with E-state index >= 15 is 0 Å². The summed E-state index contributed by atoms with van der Waals surface area (Å²) in [4.78, 5) is 42.2. The Hall–Kier alpha value is -3.35. The van der Waals surface area contributed by atoms with Crippen LogP contribution in [0.4, 0.5) is 0 Å². The highest BCUT2D eigenvalue weighted by Gasteiger charge is 2.32. The van der Waals surface area contributed by atoms with Gasteiger partial charge in [-0.15, -0.1) is 0 Å². The summed E-state index contributed by atoms with van der Waals surface area (Å²) >= 11 is 0. The van der Waals surface area contributed by atoms with Gasteiger partial charge in [-0.2, -0.15) is 0 Å². The van der Waals surface area contributed by atoms with Gasteiger partial charge in [0.1, 0.15) is 11.8 Å². The van der Waals surface area contributed by atoms with Crippen molar-refractivity contribution in [1.29, 1.82) is 0 Å². The maximum absolute atomic E-state index is 13.3. The van der Waals surface area contributed by atoms with Gasteiger partial charge in [0.15, 0.2) is 0 Å². The molecule has 182 valence electrons. The van der Waals surface area contributed by atoms with Crippen molar-refractivity contribution in [2.24, 2.45) is 5.92 Å². The number of hydrogen-bond acceptors (Lipinski definition) is 4. The number of hydrogen-bond donors (Lipinski definition) is 2. The van der Waals surface area contributed by atoms with Gasteiger partial charge in [-0.1, -0.05) is 58.9 Å². The molecule has 0 radical (unpaired) electrons. The Morgan fingerprint density at radius 1 is 0.882 bits per heavy atom. The molecule has 1 aliphatic heterocycles. The number of carbonyl (C=O) groups is 3. The van der Waals surface area contributed by atoms with Crippen LogP contribution < -0.4 is 5.32 Å². The predicted molar refractivity (Wildman–Crippen MR) is 132 cm³/mol. The van der Waals surface area contributed by atoms with Gasteiger partial charge < -0.3 is 20.2 Å². The molecule has 0 aliphatic carbocycles. The highest BCUT2D eigenvalue weighted by molar-refractivity contribution is 5.98. The molecule has 1 heterocycles. The zero-order chi connectivity index (χ0) is 25.0. The van der Waals surface area contributed by atoms with E-state index in [4.69, 9.17) is 0 Å². The van der Waals surface area contributed by atoms with Crippen molar-refractivity contribution in [3.8, 4) is 5.75 Å². The van der Waals surface area contributed by atoms with Crippen molar-refractivity contribution in [2.75, 3.05) is 26.2 Å². The van der Waals surface area contributed by atoms with Gasteiger partial charge in [0.05, 0.1) is 5.56 Å². The summed E-state index contributed by atoms with van der Waals surface area (Å²) in [6.45, 7) is 11.6. The van der Waals surface area contributed by atoms with Gasteiger partial charge in [0.25, 0.3) is 11.8 Å². The summed E-state index contributed by atoms with van der Waals surface area (Å²) in [5.74, 6) is -0.821. The monoisotopic (exact) mass is 465 g/mol. The summed E-state index contributed by atoms with van der Waals surface area (Å²) in [7, 11) is 0. The van der Waals surface area contributed by atoms with Crippen molar-refractivity contribution in [2.45, 2.75) is 46.1 Å². The van der Waals surface area contributed by atoms with E-state index in [1.807, 2.05) is 26.0 Å². The molecule has 0 bridgehead atoms. The van der Waals surface area contributed by atoms with E-state index in [0.717, 1.165) is 5.56 Å². The van der Waals surface area contributed by atoms with Gasteiger partial charge in [-0.3, -0.25) is 14.4 Å². The molecular formula is C27H35N3O4. The molecule has 7 nitrogen and oxygen atoms in total. The Bertz CT molecular complexity index is 1030. The third kappa shape index (κ3) is 5.76. The second-order valence-electron chi connectivity index (χ2n) is 10.2. The van der Waals surface area contributed by atoms with Crippen molar-refractivity contribution >= 4 is 17.7 Å². The van der Waals surface area contributed by atoms with Crippen molar-refractivity contribution < 1.29 is 19.5 Å². The summed E-state index contributed by atoms with van der Waals surface area (Å²) < 4.78 is 0. The minimum absolute atomic E-state index is 0.00573. The first kappa shape index (κ1) is 25.3. The van der Waals surface area contributed by atoms with E-state index in [9.17, 15) is 19.5 Å². The fourth-order valence-corrected chi connectivity index (χ4v) is 4.01. The van der Waals surface area contributed by atoms with E-state index in [1.54, 1.807) is 40.1 Å². The number of phenolic OH excluding ortho intramolecular Hbond substituents is 1. The molecule has 3 amide bonds. The van der Waals surface area contributed by atoms with Gasteiger partial charge in [-0.05, 0) is 41.2 Å². The smallest absolute Gasteiger partial charge is 0.257 e. The zero-order valence-electron chi connectivity index (χ0n) is 20.7. The Kier molecular flexibility index (Phi) is 7.64. The lowest BCUT2D eigenvalue weighted by atomic mass is 9.86. The molecule has 7 heteroatoms. The molecule has 2 N–H and O–H groups in total. The van der Waals surface area contributed by atoms with E-state index in [-0.39, 0.29) is 40.4 Å². The quantitative estimate of drug-likeness (QED) is 0.708. The molecular weight excluding hydrogens is 430 g/mol. The molecule has 0 saturated carbocycles. The Morgan fingerprint density at radius 3 is 1.97 bits per heavy atom. The van der Waals surface area contributed by atoms with Crippen molar-refractivity contribution in [3.05, 3.63) is 65.2 Å². The van der Waals surface area contributed by atoms with Crippen LogP contribution in [-0.4, -0.2) is 64.8 Å². The normalized spacial score (nSPS) is 15.2. The third-order valence-electron chi connectivity index (χ3n) is 6.25. The first-order valence-corrected chi connectivity index (χ1v) is 11.8. The van der Waals surface area contributed by atoms with Crippen molar-refractivity contribution in [3.63, 3.8) is 0 Å². The molecule has 3 rings (SSSR count). The fraction of sp³-hybridized carbons (Fsp3) is 0.444. The molecule has 2 aromatic rings. The Balaban J connectivity index is 1.62. The number of amides is 3. The Morgan fingerprint density at radius 2 is 1.44 bits per heavy atom. The van der Waals surface area contributed by atoms with E-state index in [0.29, 0.717) is 31.7 Å². The summed E-state index contributed by atoms with van der Waals surface area (Å²) in [5, 5.41) is 12.9. The minimum Gasteiger partial charge on any atom is -0.507 e. The number of nitrogens with zero attached hydrogens (tertiary/aromatic N) is 2. The number of para-hydroxylation sites is 1. The average molecular weight is 466 g/mol. The summed E-state index contributed by atoms with van der Waals surface area (Å²) in [5.41, 5.74) is 1.90. The SMILES string of the molecule is CC(C)C(NC(=O)c1ccc(C(C)(C)C)cc1)C(=O)N1CCN(C(=O)c2ccccc2O)CC1. The molecule has 1 atom stereocenters. The topological polar surface area (TPSA) is 90.0 Å². The first-order chi connectivity index (χ1) is 16.0. The molecule has 34 heavy (non-hydrogen) atoms. The van der Waals surface area contributed by atoms with Crippen molar-refractivity contribution in [1.82, 2.24) is 15.1 Å². The molecule has 0 spiro atoms. The molecule has 1 fully saturated rings. The van der Waals surface area contributed by atoms with E-state index in [2.05, 4.69) is 26.1 Å². The maximum atomic E-state index is 13.3. The second kappa shape index (κ2) is 10.3. The van der Waals surface area contributed by atoms with Crippen LogP contribution in [0, 0.1) is 5.92 Å². The average Bonchev–Trinajstić information content (AvgIpc) is 2.81. The minimum atomic E-state index is -0.657. The van der Waals surface area contributed by atoms with Crippen LogP contribution >= 0.6 is 0 Å². The van der Waals surface area contributed by atoms with Gasteiger partial charge in [-0.25, -0.2) is 0 Å². The molecule has 1 aliphatic rings. The van der Waals surface area contributed by atoms with Gasteiger partial charge >= 0.3 is 0 Å².